The molecule has 2 aromatic carbocycles. The van der Waals surface area contributed by atoms with Crippen molar-refractivity contribution in [3.8, 4) is 0 Å². The van der Waals surface area contributed by atoms with Gasteiger partial charge in [0, 0.05) is 30.3 Å². The van der Waals surface area contributed by atoms with Crippen LogP contribution in [0.5, 0.6) is 0 Å². The van der Waals surface area contributed by atoms with Crippen LogP contribution in [0, 0.1) is 10.1 Å². The van der Waals surface area contributed by atoms with Crippen molar-refractivity contribution in [1.82, 2.24) is 4.57 Å². The fourth-order valence-electron chi connectivity index (χ4n) is 3.29. The van der Waals surface area contributed by atoms with Gasteiger partial charge < -0.3 is 4.57 Å². The molecule has 0 saturated heterocycles. The number of rotatable bonds is 5. The van der Waals surface area contributed by atoms with Crippen LogP contribution in [0.25, 0.3) is 10.9 Å². The van der Waals surface area contributed by atoms with Gasteiger partial charge in [0.05, 0.1) is 15.9 Å². The van der Waals surface area contributed by atoms with Crippen LogP contribution >= 0.6 is 0 Å². The highest BCUT2D eigenvalue weighted by molar-refractivity contribution is 5.87. The molecule has 27 heavy (non-hydrogen) atoms. The number of halogens is 3. The van der Waals surface area contributed by atoms with Crippen molar-refractivity contribution < 1.29 is 18.1 Å². The van der Waals surface area contributed by atoms with Gasteiger partial charge in [0.1, 0.15) is 0 Å². The molecular formula is C20H19F3N2O2. The van der Waals surface area contributed by atoms with E-state index in [-0.39, 0.29) is 17.7 Å². The van der Waals surface area contributed by atoms with E-state index in [1.54, 1.807) is 4.57 Å². The molecule has 7 heteroatoms. The van der Waals surface area contributed by atoms with Crippen molar-refractivity contribution in [1.29, 1.82) is 0 Å². The summed E-state index contributed by atoms with van der Waals surface area (Å²) in [6.07, 6.45) is -3.08. The van der Waals surface area contributed by atoms with Gasteiger partial charge in [0.25, 0.3) is 5.69 Å². The molecule has 0 aliphatic carbocycles. The smallest absolute Gasteiger partial charge is 0.343 e. The number of aromatic nitrogens is 1. The van der Waals surface area contributed by atoms with Gasteiger partial charge in [0.15, 0.2) is 0 Å². The maximum Gasteiger partial charge on any atom is 0.398 e. The van der Waals surface area contributed by atoms with Crippen molar-refractivity contribution in [2.24, 2.45) is 0 Å². The number of non-ortho nitro benzene ring substituents is 1. The van der Waals surface area contributed by atoms with Crippen molar-refractivity contribution in [2.45, 2.75) is 38.4 Å². The SMILES string of the molecule is CCC(C)(c1cn(Cc2ccccc2)c2cc([N+](=O)[O-])ccc12)C(F)(F)F. The third-order valence-electron chi connectivity index (χ3n) is 5.20. The lowest BCUT2D eigenvalue weighted by atomic mass is 9.79. The predicted molar refractivity (Wildman–Crippen MR) is 97.8 cm³/mol. The number of fused-ring (bicyclic) bond motifs is 1. The molecule has 1 atom stereocenters. The second-order valence-electron chi connectivity index (χ2n) is 6.80. The summed E-state index contributed by atoms with van der Waals surface area (Å²) in [7, 11) is 0. The molecule has 0 spiro atoms. The van der Waals surface area contributed by atoms with E-state index in [0.29, 0.717) is 17.4 Å². The second kappa shape index (κ2) is 6.72. The van der Waals surface area contributed by atoms with Crippen LogP contribution in [0.4, 0.5) is 18.9 Å². The molecule has 1 heterocycles. The maximum atomic E-state index is 13.8. The number of nitro groups is 1. The zero-order valence-corrected chi connectivity index (χ0v) is 15.0. The summed E-state index contributed by atoms with van der Waals surface area (Å²) < 4.78 is 43.2. The Kier molecular flexibility index (Phi) is 4.71. The summed E-state index contributed by atoms with van der Waals surface area (Å²) in [5, 5.41) is 11.5. The Balaban J connectivity index is 2.25. The number of hydrogen-bond donors (Lipinski definition) is 0. The summed E-state index contributed by atoms with van der Waals surface area (Å²) in [6, 6.07) is 13.3. The predicted octanol–water partition coefficient (Wildman–Crippen LogP) is 5.83. The Morgan fingerprint density at radius 1 is 1.11 bits per heavy atom. The van der Waals surface area contributed by atoms with Crippen LogP contribution in [0.2, 0.25) is 0 Å². The fraction of sp³-hybridized carbons (Fsp3) is 0.300. The molecule has 1 unspecified atom stereocenters. The van der Waals surface area contributed by atoms with Crippen LogP contribution < -0.4 is 0 Å². The zero-order valence-electron chi connectivity index (χ0n) is 15.0. The van der Waals surface area contributed by atoms with Crippen LogP contribution in [-0.2, 0) is 12.0 Å². The molecule has 0 fully saturated rings. The lowest BCUT2D eigenvalue weighted by Gasteiger charge is -2.30. The minimum absolute atomic E-state index is 0.127. The number of hydrogen-bond acceptors (Lipinski definition) is 2. The van der Waals surface area contributed by atoms with Gasteiger partial charge in [-0.1, -0.05) is 37.3 Å². The summed E-state index contributed by atoms with van der Waals surface area (Å²) in [4.78, 5) is 10.6. The van der Waals surface area contributed by atoms with E-state index in [1.165, 1.54) is 38.2 Å². The summed E-state index contributed by atoms with van der Waals surface area (Å²) in [5.74, 6) is 0. The molecule has 0 amide bonds. The quantitative estimate of drug-likeness (QED) is 0.416. The highest BCUT2D eigenvalue weighted by Gasteiger charge is 2.52. The van der Waals surface area contributed by atoms with Crippen LogP contribution in [0.15, 0.2) is 54.7 Å². The number of benzene rings is 2. The van der Waals surface area contributed by atoms with Gasteiger partial charge in [-0.3, -0.25) is 10.1 Å². The number of alkyl halides is 3. The average molecular weight is 376 g/mol. The lowest BCUT2D eigenvalue weighted by molar-refractivity contribution is -0.384. The van der Waals surface area contributed by atoms with E-state index in [2.05, 4.69) is 0 Å². The van der Waals surface area contributed by atoms with Gasteiger partial charge in [-0.05, 0) is 30.5 Å². The molecule has 4 nitrogen and oxygen atoms in total. The van der Waals surface area contributed by atoms with Gasteiger partial charge in [0.2, 0.25) is 0 Å². The van der Waals surface area contributed by atoms with Crippen molar-refractivity contribution >= 4 is 16.6 Å². The maximum absolute atomic E-state index is 13.8. The minimum Gasteiger partial charge on any atom is -0.343 e. The van der Waals surface area contributed by atoms with Gasteiger partial charge >= 0.3 is 6.18 Å². The van der Waals surface area contributed by atoms with Crippen molar-refractivity contribution in [3.63, 3.8) is 0 Å². The normalized spacial score (nSPS) is 14.3. The molecule has 0 N–H and O–H groups in total. The largest absolute Gasteiger partial charge is 0.398 e. The molecule has 0 saturated carbocycles. The van der Waals surface area contributed by atoms with Crippen LogP contribution in [0.1, 0.15) is 31.4 Å². The minimum atomic E-state index is -4.44. The highest BCUT2D eigenvalue weighted by atomic mass is 19.4. The van der Waals surface area contributed by atoms with E-state index in [0.717, 1.165) is 5.56 Å². The first-order valence-electron chi connectivity index (χ1n) is 8.56. The molecule has 0 aliphatic rings. The standard InChI is InChI=1S/C20H19F3N2O2/c1-3-19(2,20(21,22)23)17-13-24(12-14-7-5-4-6-8-14)18-11-15(25(26)27)9-10-16(17)18/h4-11,13H,3,12H2,1-2H3. The first-order chi connectivity index (χ1) is 12.7. The molecular weight excluding hydrogens is 357 g/mol. The Morgan fingerprint density at radius 3 is 2.33 bits per heavy atom. The Hall–Kier alpha value is -2.83. The molecule has 0 bridgehead atoms. The molecule has 1 aromatic heterocycles. The summed E-state index contributed by atoms with van der Waals surface area (Å²) in [6.45, 7) is 3.01. The van der Waals surface area contributed by atoms with Crippen molar-refractivity contribution in [3.05, 3.63) is 76.0 Å². The number of nitro benzene ring substituents is 1. The average Bonchev–Trinajstić information content (AvgIpc) is 2.99. The second-order valence-corrected chi connectivity index (χ2v) is 6.80. The highest BCUT2D eigenvalue weighted by Crippen LogP contribution is 2.46. The Morgan fingerprint density at radius 2 is 1.78 bits per heavy atom. The Bertz CT molecular complexity index is 980. The first kappa shape index (κ1) is 18.9. The first-order valence-corrected chi connectivity index (χ1v) is 8.56. The molecule has 3 rings (SSSR count). The Labute approximate surface area is 154 Å². The molecule has 0 aliphatic heterocycles. The van der Waals surface area contributed by atoms with E-state index in [1.807, 2.05) is 30.3 Å². The topological polar surface area (TPSA) is 48.1 Å². The third kappa shape index (κ3) is 3.29. The van der Waals surface area contributed by atoms with E-state index in [9.17, 15) is 23.3 Å². The molecule has 142 valence electrons. The molecule has 3 aromatic rings. The van der Waals surface area contributed by atoms with Gasteiger partial charge in [-0.15, -0.1) is 0 Å². The van der Waals surface area contributed by atoms with E-state index < -0.39 is 16.5 Å². The van der Waals surface area contributed by atoms with Crippen LogP contribution in [-0.4, -0.2) is 15.7 Å². The van der Waals surface area contributed by atoms with Crippen LogP contribution in [0.3, 0.4) is 0 Å². The summed E-state index contributed by atoms with van der Waals surface area (Å²) >= 11 is 0. The lowest BCUT2D eigenvalue weighted by Crippen LogP contribution is -2.38. The van der Waals surface area contributed by atoms with Gasteiger partial charge in [-0.2, -0.15) is 13.2 Å². The third-order valence-corrected chi connectivity index (χ3v) is 5.20. The monoisotopic (exact) mass is 376 g/mol. The number of nitrogens with zero attached hydrogens (tertiary/aromatic N) is 2. The fourth-order valence-corrected chi connectivity index (χ4v) is 3.29. The zero-order chi connectivity index (χ0) is 19.8. The van der Waals surface area contributed by atoms with Gasteiger partial charge in [-0.25, -0.2) is 0 Å². The van der Waals surface area contributed by atoms with E-state index >= 15 is 0 Å². The summed E-state index contributed by atoms with van der Waals surface area (Å²) in [5.41, 5.74) is -0.724. The van der Waals surface area contributed by atoms with E-state index in [4.69, 9.17) is 0 Å². The van der Waals surface area contributed by atoms with Crippen molar-refractivity contribution in [2.75, 3.05) is 0 Å². The molecule has 0 radical (unpaired) electrons.